The maximum Gasteiger partial charge on any atom is 0.247 e. The van der Waals surface area contributed by atoms with Gasteiger partial charge in [-0.05, 0) is 50.1 Å². The third-order valence-electron chi connectivity index (χ3n) is 6.08. The van der Waals surface area contributed by atoms with Crippen LogP contribution in [0.3, 0.4) is 0 Å². The Morgan fingerprint density at radius 1 is 1.30 bits per heavy atom. The van der Waals surface area contributed by atoms with Gasteiger partial charge >= 0.3 is 0 Å². The number of carbonyl (C=O) groups excluding carboxylic acids is 1. The van der Waals surface area contributed by atoms with E-state index in [0.29, 0.717) is 22.9 Å². The van der Waals surface area contributed by atoms with Gasteiger partial charge in [-0.15, -0.1) is 0 Å². The summed E-state index contributed by atoms with van der Waals surface area (Å²) in [5, 5.41) is 15.4. The third kappa shape index (κ3) is 5.41. The maximum absolute atomic E-state index is 12.1. The molecule has 2 fully saturated rings. The van der Waals surface area contributed by atoms with Crippen molar-refractivity contribution in [2.45, 2.75) is 32.3 Å². The number of hydrogen-bond donors (Lipinski definition) is 2. The first-order valence-corrected chi connectivity index (χ1v) is 11.3. The number of nitriles is 1. The molecule has 1 aromatic heterocycles. The Balaban J connectivity index is 1.57. The van der Waals surface area contributed by atoms with E-state index in [-0.39, 0.29) is 17.9 Å². The minimum absolute atomic E-state index is 0.0924. The molecule has 0 unspecified atom stereocenters. The number of nitrogens with one attached hydrogen (secondary N) is 2. The van der Waals surface area contributed by atoms with E-state index in [1.165, 1.54) is 12.3 Å². The molecule has 1 amide bonds. The van der Waals surface area contributed by atoms with E-state index in [4.69, 9.17) is 4.74 Å². The lowest BCUT2D eigenvalue weighted by molar-refractivity contribution is -0.111. The fourth-order valence-corrected chi connectivity index (χ4v) is 3.81. The van der Waals surface area contributed by atoms with E-state index in [1.807, 2.05) is 18.2 Å². The van der Waals surface area contributed by atoms with Crippen LogP contribution in [0.25, 0.3) is 0 Å². The molecule has 172 valence electrons. The average Bonchev–Trinajstić information content (AvgIpc) is 2.82. The molecule has 2 N–H and O–H groups in total. The van der Waals surface area contributed by atoms with Gasteiger partial charge in [-0.2, -0.15) is 10.2 Å². The van der Waals surface area contributed by atoms with Gasteiger partial charge in [0.2, 0.25) is 17.7 Å². The van der Waals surface area contributed by atoms with Crippen molar-refractivity contribution in [1.82, 2.24) is 14.9 Å². The zero-order valence-electron chi connectivity index (χ0n) is 18.9. The molecule has 1 saturated carbocycles. The van der Waals surface area contributed by atoms with Crippen molar-refractivity contribution in [2.24, 2.45) is 0 Å². The number of ether oxygens (including phenoxy) is 1. The van der Waals surface area contributed by atoms with E-state index in [1.54, 1.807) is 0 Å². The molecule has 33 heavy (non-hydrogen) atoms. The lowest BCUT2D eigenvalue weighted by Gasteiger charge is -2.35. The zero-order valence-corrected chi connectivity index (χ0v) is 18.9. The highest BCUT2D eigenvalue weighted by Gasteiger charge is 2.22. The number of hydrogen-bond acceptors (Lipinski definition) is 8. The highest BCUT2D eigenvalue weighted by Crippen LogP contribution is 2.32. The van der Waals surface area contributed by atoms with Gasteiger partial charge in [0, 0.05) is 31.9 Å². The van der Waals surface area contributed by atoms with Crippen molar-refractivity contribution in [3.63, 3.8) is 0 Å². The van der Waals surface area contributed by atoms with Crippen molar-refractivity contribution in [2.75, 3.05) is 48.3 Å². The number of carbonyl (C=O) groups is 1. The molecule has 0 radical (unpaired) electrons. The Hall–Kier alpha value is -3.64. The van der Waals surface area contributed by atoms with E-state index < -0.39 is 0 Å². The monoisotopic (exact) mass is 447 g/mol. The second-order valence-corrected chi connectivity index (χ2v) is 8.16. The molecule has 9 nitrogen and oxygen atoms in total. The van der Waals surface area contributed by atoms with Crippen LogP contribution < -0.4 is 20.3 Å². The predicted molar refractivity (Wildman–Crippen MR) is 128 cm³/mol. The van der Waals surface area contributed by atoms with Crippen LogP contribution >= 0.6 is 0 Å². The lowest BCUT2D eigenvalue weighted by Crippen LogP contribution is -2.46. The van der Waals surface area contributed by atoms with Gasteiger partial charge in [0.05, 0.1) is 17.6 Å². The first-order chi connectivity index (χ1) is 16.1. The fraction of sp³-hybridized carbons (Fsp3) is 0.417. The minimum Gasteiger partial charge on any atom is -0.473 e. The summed E-state index contributed by atoms with van der Waals surface area (Å²) in [7, 11) is 0. The lowest BCUT2D eigenvalue weighted by atomic mass is 9.96. The van der Waals surface area contributed by atoms with Crippen LogP contribution in [0.5, 0.6) is 5.88 Å². The summed E-state index contributed by atoms with van der Waals surface area (Å²) in [6.45, 7) is 10.6. The quantitative estimate of drug-likeness (QED) is 0.594. The predicted octanol–water partition coefficient (Wildman–Crippen LogP) is 3.29. The molecule has 1 saturated heterocycles. The summed E-state index contributed by atoms with van der Waals surface area (Å²) < 4.78 is 5.87. The van der Waals surface area contributed by atoms with Gasteiger partial charge < -0.3 is 25.2 Å². The van der Waals surface area contributed by atoms with Crippen LogP contribution in [-0.4, -0.2) is 59.6 Å². The number of aromatic nitrogens is 2. The first kappa shape index (κ1) is 22.6. The molecular weight excluding hydrogens is 418 g/mol. The number of piperazine rings is 1. The number of nitrogens with zero attached hydrogens (tertiary/aromatic N) is 5. The van der Waals surface area contributed by atoms with Crippen LogP contribution in [0.4, 0.5) is 23.0 Å². The molecule has 1 aromatic carbocycles. The smallest absolute Gasteiger partial charge is 0.247 e. The number of amides is 1. The zero-order chi connectivity index (χ0) is 23.2. The second kappa shape index (κ2) is 10.3. The van der Waals surface area contributed by atoms with Crippen LogP contribution in [-0.2, 0) is 4.79 Å². The molecule has 4 rings (SSSR count). The maximum atomic E-state index is 12.1. The van der Waals surface area contributed by atoms with Crippen molar-refractivity contribution < 1.29 is 9.53 Å². The molecule has 0 bridgehead atoms. The summed E-state index contributed by atoms with van der Waals surface area (Å²) in [5.74, 6) is 0.268. The number of rotatable bonds is 8. The highest BCUT2D eigenvalue weighted by atomic mass is 16.5. The highest BCUT2D eigenvalue weighted by molar-refractivity contribution is 6.01. The van der Waals surface area contributed by atoms with Crippen LogP contribution in [0.2, 0.25) is 0 Å². The van der Waals surface area contributed by atoms with Gasteiger partial charge in [0.1, 0.15) is 17.7 Å². The van der Waals surface area contributed by atoms with Crippen LogP contribution in [0.1, 0.15) is 31.7 Å². The first-order valence-electron chi connectivity index (χ1n) is 11.3. The Morgan fingerprint density at radius 3 is 2.73 bits per heavy atom. The molecular formula is C24H29N7O2. The van der Waals surface area contributed by atoms with Crippen LogP contribution in [0, 0.1) is 11.3 Å². The summed E-state index contributed by atoms with van der Waals surface area (Å²) in [6.07, 6.45) is 5.82. The Morgan fingerprint density at radius 2 is 2.09 bits per heavy atom. The topological polar surface area (TPSA) is 106 Å². The van der Waals surface area contributed by atoms with Gasteiger partial charge in [-0.25, -0.2) is 4.98 Å². The van der Waals surface area contributed by atoms with Crippen molar-refractivity contribution in [1.29, 1.82) is 5.26 Å². The van der Waals surface area contributed by atoms with Gasteiger partial charge in [-0.3, -0.25) is 4.79 Å². The van der Waals surface area contributed by atoms with E-state index in [9.17, 15) is 10.1 Å². The number of anilines is 4. The van der Waals surface area contributed by atoms with Crippen molar-refractivity contribution >= 4 is 28.9 Å². The van der Waals surface area contributed by atoms with Gasteiger partial charge in [0.25, 0.3) is 0 Å². The van der Waals surface area contributed by atoms with E-state index >= 15 is 0 Å². The van der Waals surface area contributed by atoms with Gasteiger partial charge in [0.15, 0.2) is 0 Å². The van der Waals surface area contributed by atoms with E-state index in [0.717, 1.165) is 57.7 Å². The Kier molecular flexibility index (Phi) is 7.05. The van der Waals surface area contributed by atoms with Crippen molar-refractivity contribution in [3.05, 3.63) is 42.6 Å². The Labute approximate surface area is 194 Å². The molecule has 2 aliphatic rings. The molecule has 0 atom stereocenters. The van der Waals surface area contributed by atoms with Crippen molar-refractivity contribution in [3.8, 4) is 11.9 Å². The number of likely N-dealkylation sites (N-methyl/N-ethyl adjacent to an activating group) is 1. The summed E-state index contributed by atoms with van der Waals surface area (Å²) in [5.41, 5.74) is 2.57. The fourth-order valence-electron chi connectivity index (χ4n) is 3.81. The summed E-state index contributed by atoms with van der Waals surface area (Å²) in [4.78, 5) is 25.5. The Bertz CT molecular complexity index is 1050. The third-order valence-corrected chi connectivity index (χ3v) is 6.08. The summed E-state index contributed by atoms with van der Waals surface area (Å²) >= 11 is 0. The number of benzene rings is 1. The SMILES string of the molecule is C=CC(=O)Nc1cc(N2CCN(CC)CC2)ccc1Nc1ncc(C#N)c(OC2CCC2)n1. The average molecular weight is 448 g/mol. The molecule has 2 aromatic rings. The second-order valence-electron chi connectivity index (χ2n) is 8.16. The summed E-state index contributed by atoms with van der Waals surface area (Å²) in [6, 6.07) is 7.94. The molecule has 2 heterocycles. The molecule has 0 spiro atoms. The van der Waals surface area contributed by atoms with Gasteiger partial charge in [-0.1, -0.05) is 13.5 Å². The minimum atomic E-state index is -0.305. The largest absolute Gasteiger partial charge is 0.473 e. The van der Waals surface area contributed by atoms with Crippen LogP contribution in [0.15, 0.2) is 37.1 Å². The van der Waals surface area contributed by atoms with E-state index in [2.05, 4.69) is 50.0 Å². The standard InChI is InChI=1S/C24H29N7O2/c1-3-22(32)27-21-14-18(31-12-10-30(4-2)11-13-31)8-9-20(21)28-24-26-16-17(15-25)23(29-24)33-19-6-5-7-19/h3,8-9,14,16,19H,1,4-7,10-13H2,2H3,(H,27,32)(H,26,28,29). The molecule has 1 aliphatic carbocycles. The molecule has 9 heteroatoms. The molecule has 1 aliphatic heterocycles. The normalized spacial score (nSPS) is 16.4.